The van der Waals surface area contributed by atoms with Gasteiger partial charge in [0, 0.05) is 18.0 Å². The Morgan fingerprint density at radius 1 is 1.17 bits per heavy atom. The molecule has 3 aliphatic rings. The van der Waals surface area contributed by atoms with Gasteiger partial charge in [0.05, 0.1) is 24.1 Å². The SMILES string of the molecule is COc1cc(C(F)(F)F)ccc1-c1nnc([C@H](O)C2CN3CCC2CC3)cc1C. The number of methoxy groups -OCH3 is 1. The number of aliphatic hydroxyl groups excluding tert-OH is 1. The Kier molecular flexibility index (Phi) is 5.25. The Hall–Kier alpha value is -2.19. The molecule has 156 valence electrons. The highest BCUT2D eigenvalue weighted by Gasteiger charge is 2.39. The van der Waals surface area contributed by atoms with Crippen LogP contribution < -0.4 is 4.74 Å². The second-order valence-corrected chi connectivity index (χ2v) is 7.96. The van der Waals surface area contributed by atoms with Crippen molar-refractivity contribution < 1.29 is 23.0 Å². The summed E-state index contributed by atoms with van der Waals surface area (Å²) in [4.78, 5) is 2.37. The van der Waals surface area contributed by atoms with E-state index in [0.29, 0.717) is 22.9 Å². The van der Waals surface area contributed by atoms with Gasteiger partial charge in [0.1, 0.15) is 11.9 Å². The number of fused-ring (bicyclic) bond motifs is 3. The van der Waals surface area contributed by atoms with Crippen molar-refractivity contribution in [1.82, 2.24) is 15.1 Å². The van der Waals surface area contributed by atoms with E-state index in [4.69, 9.17) is 4.74 Å². The van der Waals surface area contributed by atoms with Crippen LogP contribution in [0.3, 0.4) is 0 Å². The van der Waals surface area contributed by atoms with Gasteiger partial charge in [0.2, 0.25) is 0 Å². The van der Waals surface area contributed by atoms with E-state index in [1.165, 1.54) is 13.2 Å². The fourth-order valence-corrected chi connectivity index (χ4v) is 4.57. The van der Waals surface area contributed by atoms with Crippen LogP contribution in [0.25, 0.3) is 11.3 Å². The number of aliphatic hydroxyl groups is 1. The Morgan fingerprint density at radius 3 is 2.45 bits per heavy atom. The lowest BCUT2D eigenvalue weighted by molar-refractivity contribution is -0.137. The smallest absolute Gasteiger partial charge is 0.416 e. The molecule has 4 heterocycles. The van der Waals surface area contributed by atoms with Gasteiger partial charge < -0.3 is 14.7 Å². The molecule has 1 aromatic carbocycles. The molecule has 5 nitrogen and oxygen atoms in total. The number of halogens is 3. The van der Waals surface area contributed by atoms with E-state index in [-0.39, 0.29) is 11.7 Å². The molecule has 0 saturated carbocycles. The molecule has 3 aliphatic heterocycles. The highest BCUT2D eigenvalue weighted by atomic mass is 19.4. The van der Waals surface area contributed by atoms with Crippen molar-refractivity contribution in [2.75, 3.05) is 26.7 Å². The fourth-order valence-electron chi connectivity index (χ4n) is 4.57. The lowest BCUT2D eigenvalue weighted by atomic mass is 9.75. The van der Waals surface area contributed by atoms with E-state index in [2.05, 4.69) is 15.1 Å². The van der Waals surface area contributed by atoms with Crippen LogP contribution in [0.4, 0.5) is 13.2 Å². The summed E-state index contributed by atoms with van der Waals surface area (Å²) >= 11 is 0. The molecular weight excluding hydrogens is 383 g/mol. The summed E-state index contributed by atoms with van der Waals surface area (Å²) in [5, 5.41) is 19.4. The van der Waals surface area contributed by atoms with Crippen LogP contribution in [0, 0.1) is 18.8 Å². The van der Waals surface area contributed by atoms with Crippen molar-refractivity contribution in [3.63, 3.8) is 0 Å². The molecule has 1 unspecified atom stereocenters. The van der Waals surface area contributed by atoms with Crippen LogP contribution in [0.15, 0.2) is 24.3 Å². The molecule has 1 N–H and O–H groups in total. The molecular formula is C21H24F3N3O2. The number of hydrogen-bond acceptors (Lipinski definition) is 5. The van der Waals surface area contributed by atoms with Crippen LogP contribution >= 0.6 is 0 Å². The first-order valence-electron chi connectivity index (χ1n) is 9.78. The van der Waals surface area contributed by atoms with Crippen molar-refractivity contribution >= 4 is 0 Å². The Labute approximate surface area is 167 Å². The Morgan fingerprint density at radius 2 is 1.90 bits per heavy atom. The minimum atomic E-state index is -4.45. The molecule has 3 saturated heterocycles. The number of aromatic nitrogens is 2. The summed E-state index contributed by atoms with van der Waals surface area (Å²) < 4.78 is 44.1. The molecule has 8 heteroatoms. The molecule has 2 aromatic rings. The zero-order valence-electron chi connectivity index (χ0n) is 16.4. The van der Waals surface area contributed by atoms with Gasteiger partial charge in [-0.2, -0.15) is 18.3 Å². The van der Waals surface area contributed by atoms with Gasteiger partial charge in [0.25, 0.3) is 0 Å². The minimum absolute atomic E-state index is 0.0860. The summed E-state index contributed by atoms with van der Waals surface area (Å²) in [6.07, 6.45) is -2.96. The first-order chi connectivity index (χ1) is 13.8. The molecule has 1 aromatic heterocycles. The molecule has 29 heavy (non-hydrogen) atoms. The Balaban J connectivity index is 1.62. The largest absolute Gasteiger partial charge is 0.496 e. The summed E-state index contributed by atoms with van der Waals surface area (Å²) in [7, 11) is 1.33. The summed E-state index contributed by atoms with van der Waals surface area (Å²) in [6, 6.07) is 5.10. The van der Waals surface area contributed by atoms with Crippen LogP contribution in [0.2, 0.25) is 0 Å². The van der Waals surface area contributed by atoms with E-state index >= 15 is 0 Å². The number of rotatable bonds is 4. The van der Waals surface area contributed by atoms with Crippen LogP contribution in [-0.4, -0.2) is 46.9 Å². The number of benzene rings is 1. The van der Waals surface area contributed by atoms with E-state index in [1.807, 2.05) is 6.92 Å². The molecule has 0 amide bonds. The normalized spacial score (nSPS) is 25.1. The topological polar surface area (TPSA) is 58.5 Å². The van der Waals surface area contributed by atoms with Gasteiger partial charge in [-0.1, -0.05) is 0 Å². The second kappa shape index (κ2) is 7.57. The van der Waals surface area contributed by atoms with Crippen molar-refractivity contribution in [3.05, 3.63) is 41.1 Å². The molecule has 2 atom stereocenters. The van der Waals surface area contributed by atoms with E-state index in [0.717, 1.165) is 50.2 Å². The third-order valence-electron chi connectivity index (χ3n) is 6.20. The molecule has 5 rings (SSSR count). The first kappa shape index (κ1) is 20.1. The number of aryl methyl sites for hydroxylation is 1. The van der Waals surface area contributed by atoms with Crippen LogP contribution in [-0.2, 0) is 6.18 Å². The maximum absolute atomic E-state index is 13.0. The van der Waals surface area contributed by atoms with Gasteiger partial charge in [-0.3, -0.25) is 0 Å². The number of hydrogen-bond donors (Lipinski definition) is 1. The second-order valence-electron chi connectivity index (χ2n) is 7.96. The van der Waals surface area contributed by atoms with Crippen molar-refractivity contribution in [2.24, 2.45) is 11.8 Å². The number of alkyl halides is 3. The predicted octanol–water partition coefficient (Wildman–Crippen LogP) is 3.85. The van der Waals surface area contributed by atoms with Gasteiger partial charge in [-0.15, -0.1) is 5.10 Å². The van der Waals surface area contributed by atoms with Crippen molar-refractivity contribution in [1.29, 1.82) is 0 Å². The third kappa shape index (κ3) is 3.83. The predicted molar refractivity (Wildman–Crippen MR) is 101 cm³/mol. The zero-order valence-corrected chi connectivity index (χ0v) is 16.4. The van der Waals surface area contributed by atoms with Crippen LogP contribution in [0.1, 0.15) is 35.8 Å². The number of piperidine rings is 3. The summed E-state index contributed by atoms with van der Waals surface area (Å²) in [5.41, 5.74) is 1.34. The van der Waals surface area contributed by atoms with Gasteiger partial charge in [-0.25, -0.2) is 0 Å². The number of nitrogens with zero attached hydrogens (tertiary/aromatic N) is 3. The monoisotopic (exact) mass is 407 g/mol. The molecule has 0 aliphatic carbocycles. The molecule has 0 radical (unpaired) electrons. The molecule has 2 bridgehead atoms. The van der Waals surface area contributed by atoms with Gasteiger partial charge in [0.15, 0.2) is 0 Å². The molecule has 3 fully saturated rings. The quantitative estimate of drug-likeness (QED) is 0.834. The highest BCUT2D eigenvalue weighted by Crippen LogP contribution is 2.40. The Bertz CT molecular complexity index is 895. The van der Waals surface area contributed by atoms with Gasteiger partial charge in [-0.05, 0) is 68.6 Å². The van der Waals surface area contributed by atoms with E-state index in [1.54, 1.807) is 6.07 Å². The minimum Gasteiger partial charge on any atom is -0.496 e. The van der Waals surface area contributed by atoms with E-state index < -0.39 is 17.8 Å². The third-order valence-corrected chi connectivity index (χ3v) is 6.20. The van der Waals surface area contributed by atoms with Crippen LogP contribution in [0.5, 0.6) is 5.75 Å². The fraction of sp³-hybridized carbons (Fsp3) is 0.524. The average Bonchev–Trinajstić information content (AvgIpc) is 2.73. The first-order valence-corrected chi connectivity index (χ1v) is 9.78. The highest BCUT2D eigenvalue weighted by molar-refractivity contribution is 5.70. The maximum atomic E-state index is 13.0. The maximum Gasteiger partial charge on any atom is 0.416 e. The summed E-state index contributed by atoms with van der Waals surface area (Å²) in [5.74, 6) is 0.715. The lowest BCUT2D eigenvalue weighted by Crippen LogP contribution is -2.49. The number of ether oxygens (including phenoxy) is 1. The lowest BCUT2D eigenvalue weighted by Gasteiger charge is -2.46. The van der Waals surface area contributed by atoms with Crippen molar-refractivity contribution in [3.8, 4) is 17.0 Å². The van der Waals surface area contributed by atoms with E-state index in [9.17, 15) is 18.3 Å². The molecule has 0 spiro atoms. The van der Waals surface area contributed by atoms with Crippen molar-refractivity contribution in [2.45, 2.75) is 32.0 Å². The standard InChI is InChI=1S/C21H24F3N3O2/c1-12-9-17(20(28)16-11-27-7-5-13(16)6-8-27)25-26-19(12)15-4-3-14(21(22,23)24)10-18(15)29-2/h3-4,9-10,13,16,20,28H,5-8,11H2,1-2H3/t16?,20-/m1/s1. The average molecular weight is 407 g/mol. The van der Waals surface area contributed by atoms with Gasteiger partial charge >= 0.3 is 6.18 Å². The summed E-state index contributed by atoms with van der Waals surface area (Å²) in [6.45, 7) is 4.85. The zero-order chi connectivity index (χ0) is 20.8.